The third-order valence-electron chi connectivity index (χ3n) is 3.29. The van der Waals surface area contributed by atoms with E-state index in [9.17, 15) is 0 Å². The molecule has 6 nitrogen and oxygen atoms in total. The third kappa shape index (κ3) is 3.48. The fourth-order valence-electron chi connectivity index (χ4n) is 2.28. The molecule has 120 valence electrons. The van der Waals surface area contributed by atoms with E-state index in [1.54, 1.807) is 33.9 Å². The summed E-state index contributed by atoms with van der Waals surface area (Å²) < 4.78 is 3.23. The van der Waals surface area contributed by atoms with Crippen molar-refractivity contribution in [3.8, 4) is 11.6 Å². The van der Waals surface area contributed by atoms with Gasteiger partial charge in [0, 0.05) is 17.8 Å². The van der Waals surface area contributed by atoms with Crippen molar-refractivity contribution in [2.45, 2.75) is 6.42 Å². The number of nitrogens with zero attached hydrogens (tertiary/aromatic N) is 6. The molecule has 0 aliphatic rings. The Morgan fingerprint density at radius 1 is 0.750 bits per heavy atom. The van der Waals surface area contributed by atoms with Crippen LogP contribution in [0.4, 0.5) is 0 Å². The van der Waals surface area contributed by atoms with Crippen molar-refractivity contribution in [3.05, 3.63) is 84.7 Å². The van der Waals surface area contributed by atoms with Crippen molar-refractivity contribution in [2.24, 2.45) is 0 Å². The maximum atomic E-state index is 4.60. The summed E-state index contributed by atoms with van der Waals surface area (Å²) in [5.74, 6) is 1.48. The molecule has 0 bridgehead atoms. The van der Waals surface area contributed by atoms with E-state index in [4.69, 9.17) is 0 Å². The van der Waals surface area contributed by atoms with Crippen LogP contribution < -0.4 is 0 Å². The van der Waals surface area contributed by atoms with E-state index in [0.29, 0.717) is 6.42 Å². The van der Waals surface area contributed by atoms with E-state index in [1.165, 1.54) is 0 Å². The largest absolute Gasteiger partial charge is 2.00 e. The molecule has 4 rings (SSSR count). The number of rotatable bonds is 4. The second kappa shape index (κ2) is 7.30. The van der Waals surface area contributed by atoms with Gasteiger partial charge < -0.3 is 9.36 Å². The average molecular weight is 407 g/mol. The molecular weight excluding hydrogens is 395 g/mol. The molecule has 0 aliphatic heterocycles. The Kier molecular flexibility index (Phi) is 4.94. The van der Waals surface area contributed by atoms with Crippen LogP contribution in [0.25, 0.3) is 11.6 Å². The minimum Gasteiger partial charge on any atom is -0.344 e. The molecule has 4 aromatic heterocycles. The molecule has 0 fully saturated rings. The smallest absolute Gasteiger partial charge is 0.344 e. The first-order chi connectivity index (χ1) is 11.4. The van der Waals surface area contributed by atoms with Gasteiger partial charge in [0.15, 0.2) is 0 Å². The zero-order valence-electron chi connectivity index (χ0n) is 12.5. The molecule has 0 aliphatic carbocycles. The molecule has 0 saturated carbocycles. The molecule has 0 atom stereocenters. The van der Waals surface area contributed by atoms with E-state index >= 15 is 0 Å². The van der Waals surface area contributed by atoms with E-state index < -0.39 is 0 Å². The van der Waals surface area contributed by atoms with Crippen LogP contribution in [0.2, 0.25) is 0 Å². The summed E-state index contributed by atoms with van der Waals surface area (Å²) in [4.78, 5) is 9.20. The van der Waals surface area contributed by atoms with Gasteiger partial charge >= 0.3 is 20.4 Å². The quantitative estimate of drug-likeness (QED) is 0.384. The Hall–Kier alpha value is -2.62. The van der Waals surface area contributed by atoms with E-state index in [0.717, 1.165) is 23.0 Å². The normalized spacial score (nSPS) is 10.3. The number of pyridine rings is 2. The summed E-state index contributed by atoms with van der Waals surface area (Å²) in [6.07, 6.45) is 9.96. The first-order valence-corrected chi connectivity index (χ1v) is 7.14. The molecule has 0 amide bonds. The van der Waals surface area contributed by atoms with Gasteiger partial charge in [-0.05, 0) is 12.1 Å². The molecule has 0 aromatic carbocycles. The average Bonchev–Trinajstić information content (AvgIpc) is 3.29. The van der Waals surface area contributed by atoms with Gasteiger partial charge in [0.2, 0.25) is 0 Å². The number of hydrogen-bond donors (Lipinski definition) is 0. The van der Waals surface area contributed by atoms with Crippen LogP contribution in [0, 0.1) is 12.4 Å². The van der Waals surface area contributed by atoms with Crippen LogP contribution >= 0.6 is 0 Å². The Labute approximate surface area is 152 Å². The van der Waals surface area contributed by atoms with E-state index in [-0.39, 0.29) is 20.4 Å². The molecule has 0 saturated heterocycles. The second-order valence-corrected chi connectivity index (χ2v) is 4.90. The molecular formula is C17H12N6Pd. The summed E-state index contributed by atoms with van der Waals surface area (Å²) >= 11 is 0. The Balaban J connectivity index is 0.00000169. The van der Waals surface area contributed by atoms with E-state index in [1.807, 2.05) is 36.4 Å². The minimum absolute atomic E-state index is 0. The number of hydrogen-bond acceptors (Lipinski definition) is 4. The standard InChI is InChI=1S/C17H12N6.Pd/c1-5-14(20-16(7-1)22-11-3-9-18-22)13-15-6-2-8-17(21-15)23-12-4-10-19-23;/h1-10H,13H2;/q-2;+2. The molecule has 4 heterocycles. The predicted octanol–water partition coefficient (Wildman–Crippen LogP) is 2.04. The predicted molar refractivity (Wildman–Crippen MR) is 83.2 cm³/mol. The maximum Gasteiger partial charge on any atom is 2.00 e. The van der Waals surface area contributed by atoms with Crippen molar-refractivity contribution in [2.75, 3.05) is 0 Å². The minimum atomic E-state index is 0. The van der Waals surface area contributed by atoms with Crippen LogP contribution in [-0.2, 0) is 26.8 Å². The monoisotopic (exact) mass is 406 g/mol. The van der Waals surface area contributed by atoms with Crippen LogP contribution in [-0.4, -0.2) is 29.5 Å². The molecule has 0 unspecified atom stereocenters. The molecule has 0 radical (unpaired) electrons. The van der Waals surface area contributed by atoms with Crippen molar-refractivity contribution in [1.29, 1.82) is 0 Å². The molecule has 7 heteroatoms. The Bertz CT molecular complexity index is 827. The van der Waals surface area contributed by atoms with Gasteiger partial charge in [0.05, 0.1) is 11.6 Å². The van der Waals surface area contributed by atoms with Crippen LogP contribution in [0.15, 0.2) is 60.9 Å². The van der Waals surface area contributed by atoms with Crippen molar-refractivity contribution < 1.29 is 20.4 Å². The zero-order valence-corrected chi connectivity index (χ0v) is 14.0. The summed E-state index contributed by atoms with van der Waals surface area (Å²) in [5, 5.41) is 8.30. The van der Waals surface area contributed by atoms with Gasteiger partial charge in [0.1, 0.15) is 0 Å². The van der Waals surface area contributed by atoms with Gasteiger partial charge in [-0.15, -0.1) is 12.1 Å². The summed E-state index contributed by atoms with van der Waals surface area (Å²) in [6.45, 7) is 0. The van der Waals surface area contributed by atoms with Crippen LogP contribution in [0.5, 0.6) is 0 Å². The number of aromatic nitrogens is 6. The van der Waals surface area contributed by atoms with E-state index in [2.05, 4.69) is 32.6 Å². The first kappa shape index (κ1) is 16.2. The molecule has 0 spiro atoms. The summed E-state index contributed by atoms with van der Waals surface area (Å²) in [6, 6.07) is 15.2. The van der Waals surface area contributed by atoms with Crippen molar-refractivity contribution >= 4 is 0 Å². The summed E-state index contributed by atoms with van der Waals surface area (Å²) in [7, 11) is 0. The fourth-order valence-corrected chi connectivity index (χ4v) is 2.28. The third-order valence-corrected chi connectivity index (χ3v) is 3.29. The maximum absolute atomic E-state index is 4.60. The molecule has 0 N–H and O–H groups in total. The fraction of sp³-hybridized carbons (Fsp3) is 0.0588. The van der Waals surface area contributed by atoms with Gasteiger partial charge in [-0.25, -0.2) is 0 Å². The van der Waals surface area contributed by atoms with Gasteiger partial charge in [0.25, 0.3) is 0 Å². The Morgan fingerprint density at radius 3 is 1.67 bits per heavy atom. The molecule has 24 heavy (non-hydrogen) atoms. The molecule has 4 aromatic rings. The van der Waals surface area contributed by atoms with Gasteiger partial charge in [-0.3, -0.25) is 20.2 Å². The van der Waals surface area contributed by atoms with Crippen molar-refractivity contribution in [3.63, 3.8) is 0 Å². The van der Waals surface area contributed by atoms with Crippen LogP contribution in [0.3, 0.4) is 0 Å². The topological polar surface area (TPSA) is 61.4 Å². The van der Waals surface area contributed by atoms with Gasteiger partial charge in [-0.1, -0.05) is 49.1 Å². The van der Waals surface area contributed by atoms with Crippen molar-refractivity contribution in [1.82, 2.24) is 29.5 Å². The SMILES string of the molecule is [Pd+2].[c-]1ccnn1-c1cccc(Cc2cccc(-n3[c-]ccn3)n2)n1. The zero-order chi connectivity index (χ0) is 15.5. The first-order valence-electron chi connectivity index (χ1n) is 7.14. The summed E-state index contributed by atoms with van der Waals surface area (Å²) in [5.41, 5.74) is 1.83. The van der Waals surface area contributed by atoms with Gasteiger partial charge in [-0.2, -0.15) is 0 Å². The van der Waals surface area contributed by atoms with Crippen LogP contribution in [0.1, 0.15) is 11.4 Å². The Morgan fingerprint density at radius 2 is 1.25 bits per heavy atom. The second-order valence-electron chi connectivity index (χ2n) is 4.90.